The molecule has 0 aromatic heterocycles. The number of nitrogens with one attached hydrogen (secondary N) is 3. The maximum Gasteiger partial charge on any atom is 0.328 e. The van der Waals surface area contributed by atoms with Crippen LogP contribution in [0.2, 0.25) is 0 Å². The van der Waals surface area contributed by atoms with Crippen molar-refractivity contribution in [3.63, 3.8) is 0 Å². The molecular weight excluding hydrogens is 610 g/mol. The quantitative estimate of drug-likeness (QED) is 0.163. The van der Waals surface area contributed by atoms with Crippen molar-refractivity contribution in [3.05, 3.63) is 96.1 Å². The van der Waals surface area contributed by atoms with Gasteiger partial charge in [-0.25, -0.2) is 14.5 Å². The third-order valence-corrected chi connectivity index (χ3v) is 9.04. The molecule has 2 aliphatic rings. The Morgan fingerprint density at radius 1 is 0.812 bits per heavy atom. The zero-order valence-corrected chi connectivity index (χ0v) is 27.4. The van der Waals surface area contributed by atoms with E-state index >= 15 is 0 Å². The van der Waals surface area contributed by atoms with Crippen molar-refractivity contribution in [2.24, 2.45) is 5.92 Å². The van der Waals surface area contributed by atoms with E-state index in [0.29, 0.717) is 29.8 Å². The molecule has 1 heterocycles. The summed E-state index contributed by atoms with van der Waals surface area (Å²) in [5, 5.41) is 18.0. The number of carboxylic acids is 1. The monoisotopic (exact) mass is 653 g/mol. The number of carbonyl (C=O) groups excluding carboxylic acids is 4. The van der Waals surface area contributed by atoms with Gasteiger partial charge in [-0.05, 0) is 60.6 Å². The number of urea groups is 2. The number of aliphatic carboxylic acids is 1. The predicted molar refractivity (Wildman–Crippen MR) is 182 cm³/mol. The van der Waals surface area contributed by atoms with Crippen LogP contribution in [0.25, 0.3) is 0 Å². The summed E-state index contributed by atoms with van der Waals surface area (Å²) >= 11 is 0. The van der Waals surface area contributed by atoms with Gasteiger partial charge in [-0.3, -0.25) is 14.4 Å². The first-order valence-electron chi connectivity index (χ1n) is 16.5. The fraction of sp³-hybridized carbons (Fsp3) is 0.378. The first-order valence-corrected chi connectivity index (χ1v) is 16.5. The van der Waals surface area contributed by atoms with Crippen LogP contribution in [0, 0.1) is 5.92 Å². The lowest BCUT2D eigenvalue weighted by Gasteiger charge is -2.38. The van der Waals surface area contributed by atoms with E-state index in [9.17, 15) is 29.1 Å². The lowest BCUT2D eigenvalue weighted by atomic mass is 9.80. The summed E-state index contributed by atoms with van der Waals surface area (Å²) < 4.78 is 0. The van der Waals surface area contributed by atoms with Gasteiger partial charge in [0.2, 0.25) is 5.91 Å². The highest BCUT2D eigenvalue weighted by atomic mass is 16.4. The van der Waals surface area contributed by atoms with Crippen molar-refractivity contribution in [3.8, 4) is 0 Å². The van der Waals surface area contributed by atoms with Crippen molar-refractivity contribution in [2.75, 3.05) is 10.6 Å². The topological polar surface area (TPSA) is 148 Å². The van der Waals surface area contributed by atoms with Gasteiger partial charge in [0.25, 0.3) is 5.91 Å². The van der Waals surface area contributed by atoms with Gasteiger partial charge in [0, 0.05) is 17.9 Å². The number of carbonyl (C=O) groups is 5. The smallest absolute Gasteiger partial charge is 0.328 e. The minimum Gasteiger partial charge on any atom is -0.481 e. The van der Waals surface area contributed by atoms with Gasteiger partial charge < -0.3 is 26.0 Å². The standard InChI is InChI=1S/C37H43N5O6/c1-25(2)22-31(33(45)40-30(23-32(43)44)27-12-6-3-7-13-27)42-34(46)37(20-10-5-11-21-37)41(36(42)48)24-26-16-18-29(19-17-26)39-35(47)38-28-14-8-4-9-15-28/h3-4,6-9,12-19,25,30-31H,5,10-11,20-24H2,1-2H3,(H,40,45)(H,43,44)(H2,38,39,47)/t30-,31?/m0/s1. The summed E-state index contributed by atoms with van der Waals surface area (Å²) in [5.41, 5.74) is 1.54. The zero-order valence-electron chi connectivity index (χ0n) is 27.4. The Kier molecular flexibility index (Phi) is 10.8. The molecule has 4 N–H and O–H groups in total. The first-order chi connectivity index (χ1) is 23.1. The van der Waals surface area contributed by atoms with Crippen LogP contribution in [-0.4, -0.2) is 56.3 Å². The van der Waals surface area contributed by atoms with Crippen LogP contribution in [0.15, 0.2) is 84.9 Å². The molecule has 6 amide bonds. The van der Waals surface area contributed by atoms with E-state index in [1.807, 2.05) is 44.2 Å². The van der Waals surface area contributed by atoms with Crippen LogP contribution in [0.4, 0.5) is 21.0 Å². The van der Waals surface area contributed by atoms with Crippen LogP contribution in [-0.2, 0) is 20.9 Å². The molecule has 1 aliphatic heterocycles. The number of nitrogens with zero attached hydrogens (tertiary/aromatic N) is 2. The maximum atomic E-state index is 14.4. The number of imide groups is 1. The van der Waals surface area contributed by atoms with Gasteiger partial charge in [0.1, 0.15) is 11.6 Å². The van der Waals surface area contributed by atoms with Crippen molar-refractivity contribution in [1.82, 2.24) is 15.1 Å². The van der Waals surface area contributed by atoms with Gasteiger partial charge in [0.15, 0.2) is 0 Å². The van der Waals surface area contributed by atoms with Crippen molar-refractivity contribution in [1.29, 1.82) is 0 Å². The number of hydrogen-bond acceptors (Lipinski definition) is 5. The van der Waals surface area contributed by atoms with E-state index in [2.05, 4.69) is 16.0 Å². The molecule has 11 heteroatoms. The molecule has 1 unspecified atom stereocenters. The maximum absolute atomic E-state index is 14.4. The number of carboxylic acid groups (broad SMARTS) is 1. The SMILES string of the molecule is CC(C)CC(C(=O)N[C@@H](CC(=O)O)c1ccccc1)N1C(=O)N(Cc2ccc(NC(=O)Nc3ccccc3)cc2)C2(CCCCC2)C1=O. The molecule has 0 bridgehead atoms. The van der Waals surface area contributed by atoms with E-state index in [1.54, 1.807) is 59.5 Å². The summed E-state index contributed by atoms with van der Waals surface area (Å²) in [6, 6.07) is 22.2. The van der Waals surface area contributed by atoms with Gasteiger partial charge in [-0.2, -0.15) is 0 Å². The Bertz CT molecular complexity index is 1610. The van der Waals surface area contributed by atoms with Crippen LogP contribution < -0.4 is 16.0 Å². The number of rotatable bonds is 12. The minimum absolute atomic E-state index is 0.0357. The second kappa shape index (κ2) is 15.1. The van der Waals surface area contributed by atoms with E-state index in [4.69, 9.17) is 0 Å². The molecule has 1 saturated carbocycles. The van der Waals surface area contributed by atoms with Crippen LogP contribution >= 0.6 is 0 Å². The third-order valence-electron chi connectivity index (χ3n) is 9.04. The number of para-hydroxylation sites is 1. The Morgan fingerprint density at radius 2 is 1.40 bits per heavy atom. The zero-order chi connectivity index (χ0) is 34.3. The number of amides is 6. The Hall–Kier alpha value is -5.19. The molecule has 5 rings (SSSR count). The van der Waals surface area contributed by atoms with Crippen LogP contribution in [0.1, 0.15) is 76.0 Å². The Labute approximate surface area is 280 Å². The fourth-order valence-electron chi connectivity index (χ4n) is 6.70. The van der Waals surface area contributed by atoms with Crippen molar-refractivity contribution < 1.29 is 29.1 Å². The Balaban J connectivity index is 1.37. The van der Waals surface area contributed by atoms with Crippen molar-refractivity contribution in [2.45, 2.75) is 83.0 Å². The minimum atomic E-state index is -1.11. The summed E-state index contributed by atoms with van der Waals surface area (Å²) in [6.45, 7) is 3.99. The van der Waals surface area contributed by atoms with E-state index in [-0.39, 0.29) is 31.2 Å². The highest BCUT2D eigenvalue weighted by Gasteiger charge is 2.59. The largest absolute Gasteiger partial charge is 0.481 e. The van der Waals surface area contributed by atoms with E-state index in [1.165, 1.54) is 0 Å². The van der Waals surface area contributed by atoms with Crippen molar-refractivity contribution >= 4 is 41.2 Å². The lowest BCUT2D eigenvalue weighted by molar-refractivity contribution is -0.142. The fourth-order valence-corrected chi connectivity index (χ4v) is 6.70. The normalized spacial score (nSPS) is 16.9. The molecule has 1 aliphatic carbocycles. The molecule has 252 valence electrons. The van der Waals surface area contributed by atoms with Gasteiger partial charge >= 0.3 is 18.0 Å². The van der Waals surface area contributed by atoms with Gasteiger partial charge in [-0.15, -0.1) is 0 Å². The second-order valence-corrected chi connectivity index (χ2v) is 13.0. The summed E-state index contributed by atoms with van der Waals surface area (Å²) in [4.78, 5) is 69.7. The lowest BCUT2D eigenvalue weighted by Crippen LogP contribution is -2.53. The molecule has 3 aromatic carbocycles. The molecule has 48 heavy (non-hydrogen) atoms. The summed E-state index contributed by atoms with van der Waals surface area (Å²) in [6.07, 6.45) is 3.38. The summed E-state index contributed by atoms with van der Waals surface area (Å²) in [7, 11) is 0. The number of hydrogen-bond donors (Lipinski definition) is 4. The molecule has 2 fully saturated rings. The van der Waals surface area contributed by atoms with Crippen LogP contribution in [0.5, 0.6) is 0 Å². The highest BCUT2D eigenvalue weighted by molar-refractivity contribution is 6.10. The highest BCUT2D eigenvalue weighted by Crippen LogP contribution is 2.43. The molecule has 2 atom stereocenters. The average molecular weight is 654 g/mol. The second-order valence-electron chi connectivity index (χ2n) is 13.0. The van der Waals surface area contributed by atoms with E-state index in [0.717, 1.165) is 29.7 Å². The first kappa shape index (κ1) is 34.2. The predicted octanol–water partition coefficient (Wildman–Crippen LogP) is 6.54. The van der Waals surface area contributed by atoms with E-state index < -0.39 is 41.6 Å². The van der Waals surface area contributed by atoms with Crippen LogP contribution in [0.3, 0.4) is 0 Å². The molecule has 1 spiro atoms. The van der Waals surface area contributed by atoms with Gasteiger partial charge in [-0.1, -0.05) is 93.8 Å². The molecular formula is C37H43N5O6. The number of benzene rings is 3. The molecule has 11 nitrogen and oxygen atoms in total. The molecule has 1 saturated heterocycles. The molecule has 3 aromatic rings. The third kappa shape index (κ3) is 7.84. The Morgan fingerprint density at radius 3 is 1.98 bits per heavy atom. The summed E-state index contributed by atoms with van der Waals surface area (Å²) in [5.74, 6) is -2.05. The molecule has 0 radical (unpaired) electrons. The van der Waals surface area contributed by atoms with Gasteiger partial charge in [0.05, 0.1) is 12.5 Å². The average Bonchev–Trinajstić information content (AvgIpc) is 3.25. The number of anilines is 2.